The molecule has 3 aromatic carbocycles. The molecule has 0 spiro atoms. The minimum Gasteiger partial charge on any atom is -0.507 e. The maximum absolute atomic E-state index is 13.2. The minimum atomic E-state index is -4.17. The zero-order valence-corrected chi connectivity index (χ0v) is 20.4. The maximum atomic E-state index is 13.2. The number of amides is 1. The fourth-order valence-corrected chi connectivity index (χ4v) is 4.77. The Balaban J connectivity index is 1.89. The highest BCUT2D eigenvalue weighted by Crippen LogP contribution is 2.38. The molecule has 0 aromatic heterocycles. The van der Waals surface area contributed by atoms with Gasteiger partial charge in [0.2, 0.25) is 15.7 Å². The summed E-state index contributed by atoms with van der Waals surface area (Å²) in [7, 11) is -2.99. The van der Waals surface area contributed by atoms with Crippen LogP contribution in [0.5, 0.6) is 17.2 Å². The van der Waals surface area contributed by atoms with Crippen LogP contribution in [-0.2, 0) is 24.2 Å². The molecular formula is C24H21ClFNO7S. The van der Waals surface area contributed by atoms with Crippen LogP contribution in [0.3, 0.4) is 0 Å². The fraction of sp³-hybridized carbons (Fsp3) is 0.167. The van der Waals surface area contributed by atoms with Crippen LogP contribution in [0.4, 0.5) is 10.1 Å². The van der Waals surface area contributed by atoms with E-state index < -0.39 is 44.1 Å². The summed E-state index contributed by atoms with van der Waals surface area (Å²) in [6.45, 7) is 3.05. The summed E-state index contributed by atoms with van der Waals surface area (Å²) in [5.41, 5.74) is 0.806. The highest BCUT2D eigenvalue weighted by atomic mass is 35.5. The molecular weight excluding hydrogens is 501 g/mol. The van der Waals surface area contributed by atoms with Crippen LogP contribution in [-0.4, -0.2) is 32.5 Å². The number of nitrogens with one attached hydrogen (secondary N) is 1. The van der Waals surface area contributed by atoms with Crippen LogP contribution >= 0.6 is 11.6 Å². The van der Waals surface area contributed by atoms with Gasteiger partial charge < -0.3 is 19.9 Å². The van der Waals surface area contributed by atoms with Gasteiger partial charge in [-0.3, -0.25) is 9.59 Å². The monoisotopic (exact) mass is 521 g/mol. The third-order valence-electron chi connectivity index (χ3n) is 5.01. The number of ether oxygens (including phenoxy) is 2. The number of halogens is 2. The number of carbonyl (C=O) groups excluding carboxylic acids is 2. The SMILES string of the molecule is COC(=O)C(C)C(=O)Nc1cc(C)c(Oc2ccc(O)c(S(=O)(=O)c3ccc(F)cc3)c2)c(Cl)c1. The molecule has 0 fully saturated rings. The Bertz CT molecular complexity index is 1370. The van der Waals surface area contributed by atoms with Gasteiger partial charge in [0.1, 0.15) is 33.9 Å². The average Bonchev–Trinajstić information content (AvgIpc) is 2.81. The van der Waals surface area contributed by atoms with Crippen LogP contribution in [0, 0.1) is 18.7 Å². The van der Waals surface area contributed by atoms with Crippen molar-refractivity contribution < 1.29 is 37.0 Å². The number of aromatic hydroxyl groups is 1. The summed E-state index contributed by atoms with van der Waals surface area (Å²) in [4.78, 5) is 23.1. The van der Waals surface area contributed by atoms with Gasteiger partial charge in [-0.1, -0.05) is 11.6 Å². The van der Waals surface area contributed by atoms with Gasteiger partial charge >= 0.3 is 5.97 Å². The molecule has 0 saturated carbocycles. The molecule has 0 aliphatic rings. The van der Waals surface area contributed by atoms with Crippen molar-refractivity contribution in [1.29, 1.82) is 0 Å². The summed E-state index contributed by atoms with van der Waals surface area (Å²) >= 11 is 6.34. The number of phenols is 1. The second-order valence-corrected chi connectivity index (χ2v) is 9.85. The highest BCUT2D eigenvalue weighted by molar-refractivity contribution is 7.91. The van der Waals surface area contributed by atoms with Gasteiger partial charge in [-0.25, -0.2) is 12.8 Å². The Kier molecular flexibility index (Phi) is 7.67. The van der Waals surface area contributed by atoms with Gasteiger partial charge in [0.25, 0.3) is 0 Å². The van der Waals surface area contributed by atoms with E-state index in [-0.39, 0.29) is 21.4 Å². The Morgan fingerprint density at radius 3 is 2.34 bits per heavy atom. The van der Waals surface area contributed by atoms with E-state index in [0.717, 1.165) is 36.4 Å². The molecule has 0 bridgehead atoms. The molecule has 0 radical (unpaired) electrons. The van der Waals surface area contributed by atoms with E-state index in [4.69, 9.17) is 16.3 Å². The molecule has 184 valence electrons. The van der Waals surface area contributed by atoms with Gasteiger partial charge in [0, 0.05) is 11.8 Å². The number of hydrogen-bond acceptors (Lipinski definition) is 7. The second-order valence-electron chi connectivity index (χ2n) is 7.53. The van der Waals surface area contributed by atoms with Gasteiger partial charge in [-0.15, -0.1) is 0 Å². The molecule has 0 aliphatic heterocycles. The van der Waals surface area contributed by atoms with Crippen LogP contribution in [0.1, 0.15) is 12.5 Å². The molecule has 1 amide bonds. The highest BCUT2D eigenvalue weighted by Gasteiger charge is 2.24. The molecule has 0 saturated heterocycles. The first-order valence-electron chi connectivity index (χ1n) is 10.1. The van der Waals surface area contributed by atoms with Gasteiger partial charge in [0.15, 0.2) is 0 Å². The van der Waals surface area contributed by atoms with Crippen molar-refractivity contribution in [3.8, 4) is 17.2 Å². The second kappa shape index (κ2) is 10.3. The average molecular weight is 522 g/mol. The Hall–Kier alpha value is -3.63. The lowest BCUT2D eigenvalue weighted by atomic mass is 10.1. The molecule has 3 rings (SSSR count). The lowest BCUT2D eigenvalue weighted by Gasteiger charge is -2.15. The van der Waals surface area contributed by atoms with Crippen LogP contribution < -0.4 is 10.1 Å². The maximum Gasteiger partial charge on any atom is 0.317 e. The topological polar surface area (TPSA) is 119 Å². The van der Waals surface area contributed by atoms with E-state index in [1.165, 1.54) is 26.2 Å². The predicted octanol–water partition coefficient (Wildman–Crippen LogP) is 4.87. The number of carbonyl (C=O) groups is 2. The van der Waals surface area contributed by atoms with Crippen molar-refractivity contribution in [2.75, 3.05) is 12.4 Å². The molecule has 0 aliphatic carbocycles. The van der Waals surface area contributed by atoms with Crippen molar-refractivity contribution in [2.24, 2.45) is 5.92 Å². The number of methoxy groups -OCH3 is 1. The van der Waals surface area contributed by atoms with E-state index in [1.807, 2.05) is 0 Å². The summed E-state index contributed by atoms with van der Waals surface area (Å²) in [6.07, 6.45) is 0. The Labute approximate surface area is 206 Å². The first-order chi connectivity index (χ1) is 16.4. The number of hydrogen-bond donors (Lipinski definition) is 2. The first-order valence-corrected chi connectivity index (χ1v) is 12.0. The molecule has 35 heavy (non-hydrogen) atoms. The van der Waals surface area contributed by atoms with Crippen LogP contribution in [0.25, 0.3) is 0 Å². The van der Waals surface area contributed by atoms with E-state index in [0.29, 0.717) is 11.3 Å². The first kappa shape index (κ1) is 26.0. The van der Waals surface area contributed by atoms with Gasteiger partial charge in [-0.2, -0.15) is 0 Å². The lowest BCUT2D eigenvalue weighted by Crippen LogP contribution is -2.28. The van der Waals surface area contributed by atoms with Crippen LogP contribution in [0.2, 0.25) is 5.02 Å². The van der Waals surface area contributed by atoms with Crippen molar-refractivity contribution in [3.63, 3.8) is 0 Å². The van der Waals surface area contributed by atoms with Crippen molar-refractivity contribution in [2.45, 2.75) is 23.6 Å². The van der Waals surface area contributed by atoms with E-state index in [2.05, 4.69) is 10.1 Å². The summed E-state index contributed by atoms with van der Waals surface area (Å²) < 4.78 is 49.4. The zero-order valence-electron chi connectivity index (χ0n) is 18.8. The van der Waals surface area contributed by atoms with Crippen LogP contribution in [0.15, 0.2) is 64.4 Å². The lowest BCUT2D eigenvalue weighted by molar-refractivity contribution is -0.147. The normalized spacial score (nSPS) is 12.0. The summed E-state index contributed by atoms with van der Waals surface area (Å²) in [5, 5.41) is 12.8. The number of anilines is 1. The molecule has 0 heterocycles. The van der Waals surface area contributed by atoms with E-state index >= 15 is 0 Å². The summed E-state index contributed by atoms with van der Waals surface area (Å²) in [5.74, 6) is -3.18. The predicted molar refractivity (Wildman–Crippen MR) is 126 cm³/mol. The minimum absolute atomic E-state index is 0.0598. The number of aryl methyl sites for hydroxylation is 1. The smallest absolute Gasteiger partial charge is 0.317 e. The standard InChI is InChI=1S/C24H21ClFNO7S/c1-13-10-16(27-23(29)14(2)24(30)33-3)11-19(25)22(13)34-17-6-9-20(28)21(12-17)35(31,32)18-7-4-15(26)5-8-18/h4-12,14,28H,1-3H3,(H,27,29). The molecule has 2 N–H and O–H groups in total. The molecule has 11 heteroatoms. The van der Waals surface area contributed by atoms with E-state index in [1.54, 1.807) is 13.0 Å². The summed E-state index contributed by atoms with van der Waals surface area (Å²) in [6, 6.07) is 10.8. The number of sulfone groups is 1. The molecule has 8 nitrogen and oxygen atoms in total. The van der Waals surface area contributed by atoms with Gasteiger partial charge in [0.05, 0.1) is 17.0 Å². The van der Waals surface area contributed by atoms with E-state index in [9.17, 15) is 27.5 Å². The van der Waals surface area contributed by atoms with Crippen molar-refractivity contribution in [3.05, 3.63) is 71.0 Å². The van der Waals surface area contributed by atoms with Crippen molar-refractivity contribution >= 4 is 39.0 Å². The molecule has 3 aromatic rings. The number of rotatable bonds is 7. The Morgan fingerprint density at radius 2 is 1.74 bits per heavy atom. The number of benzene rings is 3. The van der Waals surface area contributed by atoms with Crippen molar-refractivity contribution in [1.82, 2.24) is 0 Å². The fourth-order valence-electron chi connectivity index (χ4n) is 3.10. The third kappa shape index (κ3) is 5.72. The number of phenolic OH excluding ortho intramolecular Hbond substituents is 1. The molecule has 1 atom stereocenters. The van der Waals surface area contributed by atoms with Gasteiger partial charge in [-0.05, 0) is 67.9 Å². The number of esters is 1. The quantitative estimate of drug-likeness (QED) is 0.259. The third-order valence-corrected chi connectivity index (χ3v) is 7.09. The largest absolute Gasteiger partial charge is 0.507 e. The molecule has 1 unspecified atom stereocenters. The zero-order chi connectivity index (χ0) is 25.9. The Morgan fingerprint density at radius 1 is 1.09 bits per heavy atom.